The number of amides is 1. The number of methoxy groups -OCH3 is 2. The molecule has 0 fully saturated rings. The van der Waals surface area contributed by atoms with Crippen molar-refractivity contribution >= 4 is 29.2 Å². The maximum Gasteiger partial charge on any atom is 0.328 e. The highest BCUT2D eigenvalue weighted by Gasteiger charge is 2.29. The van der Waals surface area contributed by atoms with Crippen LogP contribution in [-0.4, -0.2) is 67.1 Å². The average Bonchev–Trinajstić information content (AvgIpc) is 2.88. The van der Waals surface area contributed by atoms with Crippen molar-refractivity contribution in [1.29, 1.82) is 0 Å². The Morgan fingerprint density at radius 3 is 2.29 bits per heavy atom. The van der Waals surface area contributed by atoms with E-state index < -0.39 is 16.9 Å². The maximum atomic E-state index is 12.3. The third-order valence-corrected chi connectivity index (χ3v) is 5.74. The summed E-state index contributed by atoms with van der Waals surface area (Å²) in [7, 11) is 4.41. The second kappa shape index (κ2) is 16.2. The zero-order chi connectivity index (χ0) is 28.8. The van der Waals surface area contributed by atoms with E-state index in [4.69, 9.17) is 21.1 Å². The van der Waals surface area contributed by atoms with Gasteiger partial charge in [-0.3, -0.25) is 19.8 Å². The van der Waals surface area contributed by atoms with Gasteiger partial charge in [0, 0.05) is 33.4 Å². The number of ether oxygens (including phenoxy) is 2. The fraction of sp³-hybridized carbons (Fsp3) is 0.423. The van der Waals surface area contributed by atoms with Crippen molar-refractivity contribution in [2.75, 3.05) is 39.3 Å². The molecule has 0 bridgehead atoms. The summed E-state index contributed by atoms with van der Waals surface area (Å²) in [6, 6.07) is 8.55. The number of hydrogen-bond donors (Lipinski definition) is 1. The van der Waals surface area contributed by atoms with Crippen LogP contribution in [0.2, 0.25) is 5.15 Å². The van der Waals surface area contributed by atoms with Crippen molar-refractivity contribution in [3.8, 4) is 0 Å². The topological polar surface area (TPSA) is 127 Å². The normalized spacial score (nSPS) is 11.5. The van der Waals surface area contributed by atoms with Crippen molar-refractivity contribution < 1.29 is 24.0 Å². The summed E-state index contributed by atoms with van der Waals surface area (Å²) < 4.78 is 9.65. The zero-order valence-electron chi connectivity index (χ0n) is 22.9. The molecule has 11 nitrogen and oxygen atoms in total. The first-order valence-corrected chi connectivity index (χ1v) is 12.2. The highest BCUT2D eigenvalue weighted by atomic mass is 35.5. The SMILES string of the molecule is CCN(Cc1ccc(Cl)nc1)/C(=C/[N+](=O)[O-])NC.COCC(=O)N(c1c(C)cccc1C)C(C)C(=O)OC. The summed E-state index contributed by atoms with van der Waals surface area (Å²) >= 11 is 5.70. The molecule has 12 heteroatoms. The standard InChI is InChI=1S/C15H21NO4.C11H15ClN4O2/c1-10-7-6-8-11(2)14(10)16(13(17)9-19-4)12(3)15(18)20-5;1-3-15(11(13-2)8-16(17)18)7-9-4-5-10(12)14-6-9/h6-8,12H,9H2,1-5H3;4-6,8,13H,3,7H2,1-2H3/b;11-8+. The number of nitro groups is 1. The van der Waals surface area contributed by atoms with E-state index in [-0.39, 0.29) is 12.5 Å². The van der Waals surface area contributed by atoms with Gasteiger partial charge in [0.15, 0.2) is 5.82 Å². The fourth-order valence-corrected chi connectivity index (χ4v) is 3.79. The predicted octanol–water partition coefficient (Wildman–Crippen LogP) is 3.70. The molecule has 0 aliphatic carbocycles. The molecule has 0 aliphatic rings. The summed E-state index contributed by atoms with van der Waals surface area (Å²) in [5.74, 6) is -0.280. The van der Waals surface area contributed by atoms with Crippen molar-refractivity contribution in [2.45, 2.75) is 40.3 Å². The molecule has 1 N–H and O–H groups in total. The van der Waals surface area contributed by atoms with E-state index >= 15 is 0 Å². The molecule has 2 aromatic rings. The molecule has 208 valence electrons. The van der Waals surface area contributed by atoms with E-state index in [1.807, 2.05) is 49.9 Å². The molecule has 0 aliphatic heterocycles. The Labute approximate surface area is 228 Å². The lowest BCUT2D eigenvalue weighted by Gasteiger charge is -2.30. The molecule has 0 radical (unpaired) electrons. The number of benzene rings is 1. The Kier molecular flexibility index (Phi) is 13.8. The molecule has 1 heterocycles. The number of carbonyl (C=O) groups is 2. The van der Waals surface area contributed by atoms with Crippen LogP contribution < -0.4 is 10.2 Å². The minimum absolute atomic E-state index is 0.0882. The van der Waals surface area contributed by atoms with Crippen LogP contribution in [0.3, 0.4) is 0 Å². The van der Waals surface area contributed by atoms with Crippen LogP contribution in [0.25, 0.3) is 0 Å². The second-order valence-electron chi connectivity index (χ2n) is 8.19. The number of hydrogen-bond acceptors (Lipinski definition) is 9. The molecular formula is C26H36ClN5O6. The zero-order valence-corrected chi connectivity index (χ0v) is 23.6. The van der Waals surface area contributed by atoms with E-state index in [2.05, 4.69) is 10.3 Å². The summed E-state index contributed by atoms with van der Waals surface area (Å²) in [6.45, 7) is 8.46. The molecule has 0 saturated carbocycles. The van der Waals surface area contributed by atoms with E-state index in [9.17, 15) is 19.7 Å². The van der Waals surface area contributed by atoms with Gasteiger partial charge in [-0.25, -0.2) is 9.78 Å². The molecular weight excluding hydrogens is 514 g/mol. The van der Waals surface area contributed by atoms with Crippen LogP contribution in [0.4, 0.5) is 5.69 Å². The largest absolute Gasteiger partial charge is 0.467 e. The number of nitrogens with zero attached hydrogens (tertiary/aromatic N) is 4. The van der Waals surface area contributed by atoms with Gasteiger partial charge in [0.1, 0.15) is 17.8 Å². The van der Waals surface area contributed by atoms with Crippen LogP contribution in [0.1, 0.15) is 30.5 Å². The van der Waals surface area contributed by atoms with Crippen LogP contribution in [-0.2, 0) is 25.6 Å². The van der Waals surface area contributed by atoms with Gasteiger partial charge in [0.25, 0.3) is 12.1 Å². The van der Waals surface area contributed by atoms with Crippen molar-refractivity contribution in [3.63, 3.8) is 0 Å². The number of halogens is 1. The molecule has 2 rings (SSSR count). The Balaban J connectivity index is 0.000000382. The summed E-state index contributed by atoms with van der Waals surface area (Å²) in [6.07, 6.45) is 2.61. The number of aryl methyl sites for hydroxylation is 2. The van der Waals surface area contributed by atoms with E-state index in [0.717, 1.165) is 28.6 Å². The first-order valence-electron chi connectivity index (χ1n) is 11.8. The lowest BCUT2D eigenvalue weighted by atomic mass is 10.1. The van der Waals surface area contributed by atoms with E-state index in [1.54, 1.807) is 26.2 Å². The van der Waals surface area contributed by atoms with Gasteiger partial charge in [-0.15, -0.1) is 0 Å². The maximum absolute atomic E-state index is 12.3. The lowest BCUT2D eigenvalue weighted by Crippen LogP contribution is -2.46. The molecule has 1 aromatic heterocycles. The number of para-hydroxylation sites is 1. The van der Waals surface area contributed by atoms with Crippen LogP contribution >= 0.6 is 11.6 Å². The Morgan fingerprint density at radius 2 is 1.84 bits per heavy atom. The Hall–Kier alpha value is -3.70. The number of nitrogens with one attached hydrogen (secondary N) is 1. The van der Waals surface area contributed by atoms with E-state index in [1.165, 1.54) is 19.1 Å². The quantitative estimate of drug-likeness (QED) is 0.193. The van der Waals surface area contributed by atoms with Crippen molar-refractivity contribution in [2.24, 2.45) is 0 Å². The summed E-state index contributed by atoms with van der Waals surface area (Å²) in [4.78, 5) is 41.4. The van der Waals surface area contributed by atoms with Gasteiger partial charge >= 0.3 is 5.97 Å². The molecule has 0 spiro atoms. The van der Waals surface area contributed by atoms with Crippen molar-refractivity contribution in [1.82, 2.24) is 15.2 Å². The minimum atomic E-state index is -0.706. The van der Waals surface area contributed by atoms with Gasteiger partial charge in [0.05, 0.1) is 17.7 Å². The molecule has 38 heavy (non-hydrogen) atoms. The number of carbonyl (C=O) groups excluding carboxylic acids is 2. The average molecular weight is 550 g/mol. The van der Waals surface area contributed by atoms with Crippen LogP contribution in [0.5, 0.6) is 0 Å². The first kappa shape index (κ1) is 32.3. The highest BCUT2D eigenvalue weighted by molar-refractivity contribution is 6.29. The minimum Gasteiger partial charge on any atom is -0.467 e. The smallest absolute Gasteiger partial charge is 0.328 e. The predicted molar refractivity (Wildman–Crippen MR) is 146 cm³/mol. The number of pyridine rings is 1. The third kappa shape index (κ3) is 9.64. The molecule has 1 aromatic carbocycles. The van der Waals surface area contributed by atoms with Gasteiger partial charge in [-0.1, -0.05) is 35.9 Å². The molecule has 0 saturated heterocycles. The lowest BCUT2D eigenvalue weighted by molar-refractivity contribution is -0.404. The molecule has 1 amide bonds. The van der Waals surface area contributed by atoms with Crippen LogP contribution in [0.15, 0.2) is 48.5 Å². The monoisotopic (exact) mass is 549 g/mol. The highest BCUT2D eigenvalue weighted by Crippen LogP contribution is 2.27. The number of esters is 1. The number of aromatic nitrogens is 1. The number of anilines is 1. The van der Waals surface area contributed by atoms with Gasteiger partial charge in [-0.05, 0) is 50.5 Å². The number of rotatable bonds is 11. The van der Waals surface area contributed by atoms with E-state index in [0.29, 0.717) is 24.1 Å². The molecule has 1 unspecified atom stereocenters. The van der Waals surface area contributed by atoms with Gasteiger partial charge in [0.2, 0.25) is 0 Å². The summed E-state index contributed by atoms with van der Waals surface area (Å²) in [5.41, 5.74) is 3.51. The third-order valence-electron chi connectivity index (χ3n) is 5.51. The van der Waals surface area contributed by atoms with Gasteiger partial charge in [-0.2, -0.15) is 0 Å². The first-order chi connectivity index (χ1) is 18.0. The van der Waals surface area contributed by atoms with Gasteiger partial charge < -0.3 is 19.7 Å². The second-order valence-corrected chi connectivity index (χ2v) is 8.58. The molecule has 1 atom stereocenters. The van der Waals surface area contributed by atoms with Crippen LogP contribution in [0, 0.1) is 24.0 Å². The fourth-order valence-electron chi connectivity index (χ4n) is 3.68. The Bertz CT molecular complexity index is 1090. The summed E-state index contributed by atoms with van der Waals surface area (Å²) in [5, 5.41) is 13.8. The van der Waals surface area contributed by atoms with Crippen molar-refractivity contribution in [3.05, 3.63) is 80.5 Å². The Morgan fingerprint density at radius 1 is 1.21 bits per heavy atom.